The number of urea groups is 1. The first kappa shape index (κ1) is 17.5. The van der Waals surface area contributed by atoms with Crippen molar-refractivity contribution in [1.29, 1.82) is 0 Å². The lowest BCUT2D eigenvalue weighted by molar-refractivity contribution is -0.0948. The molecule has 1 aliphatic heterocycles. The highest BCUT2D eigenvalue weighted by Gasteiger charge is 2.35. The van der Waals surface area contributed by atoms with Crippen LogP contribution < -0.4 is 5.32 Å². The molecule has 0 aromatic rings. The van der Waals surface area contributed by atoms with Crippen LogP contribution in [0.4, 0.5) is 4.79 Å². The number of nitrogens with zero attached hydrogens (tertiary/aromatic N) is 2. The third-order valence-electron chi connectivity index (χ3n) is 5.18. The van der Waals surface area contributed by atoms with Crippen LogP contribution in [0.15, 0.2) is 0 Å². The fraction of sp³-hybridized carbons (Fsp3) is 0.941. The van der Waals surface area contributed by atoms with Gasteiger partial charge in [-0.15, -0.1) is 0 Å². The standard InChI is InChI=1S/C17H33N3O2/c1-12-9-20(10-13(2)22-12)17(4,5)11-18-16(21)19(6)14(3)15-7-8-15/h12-15H,7-11H2,1-6H3,(H,18,21)/t12-,13-,14+/m1/s1. The van der Waals surface area contributed by atoms with Crippen LogP contribution in [0.2, 0.25) is 0 Å². The fourth-order valence-electron chi connectivity index (χ4n) is 3.28. The molecule has 2 amide bonds. The molecule has 0 aromatic heterocycles. The highest BCUT2D eigenvalue weighted by Crippen LogP contribution is 2.34. The minimum atomic E-state index is -0.0639. The summed E-state index contributed by atoms with van der Waals surface area (Å²) in [6.45, 7) is 13.3. The number of rotatable bonds is 5. The van der Waals surface area contributed by atoms with Gasteiger partial charge < -0.3 is 15.0 Å². The van der Waals surface area contributed by atoms with Gasteiger partial charge in [-0.25, -0.2) is 4.79 Å². The van der Waals surface area contributed by atoms with E-state index in [1.165, 1.54) is 12.8 Å². The van der Waals surface area contributed by atoms with Crippen LogP contribution in [0, 0.1) is 5.92 Å². The van der Waals surface area contributed by atoms with E-state index < -0.39 is 0 Å². The lowest BCUT2D eigenvalue weighted by Crippen LogP contribution is -2.59. The number of hydrogen-bond donors (Lipinski definition) is 1. The molecular formula is C17H33N3O2. The van der Waals surface area contributed by atoms with Crippen molar-refractivity contribution in [1.82, 2.24) is 15.1 Å². The van der Waals surface area contributed by atoms with E-state index in [0.717, 1.165) is 13.1 Å². The van der Waals surface area contributed by atoms with E-state index in [1.54, 1.807) is 0 Å². The lowest BCUT2D eigenvalue weighted by atomic mass is 10.00. The molecule has 5 nitrogen and oxygen atoms in total. The van der Waals surface area contributed by atoms with Crippen molar-refractivity contribution in [3.63, 3.8) is 0 Å². The second kappa shape index (κ2) is 6.75. The molecule has 0 unspecified atom stereocenters. The molecule has 22 heavy (non-hydrogen) atoms. The molecule has 0 bridgehead atoms. The van der Waals surface area contributed by atoms with Crippen molar-refractivity contribution in [3.05, 3.63) is 0 Å². The van der Waals surface area contributed by atoms with E-state index >= 15 is 0 Å². The summed E-state index contributed by atoms with van der Waals surface area (Å²) in [7, 11) is 1.91. The second-order valence-corrected chi connectivity index (χ2v) is 7.82. The minimum absolute atomic E-state index is 0.0434. The van der Waals surface area contributed by atoms with Crippen LogP contribution in [0.1, 0.15) is 47.5 Å². The Kier molecular flexibility index (Phi) is 5.38. The predicted molar refractivity (Wildman–Crippen MR) is 89.0 cm³/mol. The van der Waals surface area contributed by atoms with Crippen molar-refractivity contribution in [3.8, 4) is 0 Å². The number of morpholine rings is 1. The van der Waals surface area contributed by atoms with Crippen LogP contribution in [-0.4, -0.2) is 66.3 Å². The number of hydrogen-bond acceptors (Lipinski definition) is 3. The van der Waals surface area contributed by atoms with Crippen LogP contribution in [0.3, 0.4) is 0 Å². The van der Waals surface area contributed by atoms with Gasteiger partial charge in [0.2, 0.25) is 0 Å². The Morgan fingerprint density at radius 3 is 2.36 bits per heavy atom. The van der Waals surface area contributed by atoms with E-state index in [2.05, 4.69) is 44.8 Å². The van der Waals surface area contributed by atoms with Crippen molar-refractivity contribution < 1.29 is 9.53 Å². The van der Waals surface area contributed by atoms with Gasteiger partial charge in [0.25, 0.3) is 0 Å². The average Bonchev–Trinajstić information content (AvgIpc) is 3.26. The minimum Gasteiger partial charge on any atom is -0.373 e. The molecule has 0 spiro atoms. The van der Waals surface area contributed by atoms with Gasteiger partial charge >= 0.3 is 6.03 Å². The summed E-state index contributed by atoms with van der Waals surface area (Å²) in [5, 5.41) is 3.12. The van der Waals surface area contributed by atoms with Gasteiger partial charge in [-0.1, -0.05) is 0 Å². The zero-order chi connectivity index (χ0) is 16.5. The second-order valence-electron chi connectivity index (χ2n) is 7.82. The van der Waals surface area contributed by atoms with Crippen LogP contribution >= 0.6 is 0 Å². The topological polar surface area (TPSA) is 44.8 Å². The summed E-state index contributed by atoms with van der Waals surface area (Å²) in [6, 6.07) is 0.383. The first-order valence-corrected chi connectivity index (χ1v) is 8.62. The molecule has 1 aliphatic carbocycles. The van der Waals surface area contributed by atoms with E-state index in [4.69, 9.17) is 4.74 Å². The Labute approximate surface area is 135 Å². The van der Waals surface area contributed by atoms with E-state index in [9.17, 15) is 4.79 Å². The number of amides is 2. The molecule has 0 aromatic carbocycles. The molecule has 1 saturated heterocycles. The van der Waals surface area contributed by atoms with Crippen molar-refractivity contribution in [2.24, 2.45) is 5.92 Å². The largest absolute Gasteiger partial charge is 0.373 e. The molecule has 2 aliphatic rings. The molecule has 1 N–H and O–H groups in total. The summed E-state index contributed by atoms with van der Waals surface area (Å²) in [4.78, 5) is 16.6. The summed E-state index contributed by atoms with van der Waals surface area (Å²) >= 11 is 0. The highest BCUT2D eigenvalue weighted by atomic mass is 16.5. The number of carbonyl (C=O) groups excluding carboxylic acids is 1. The summed E-state index contributed by atoms with van der Waals surface area (Å²) < 4.78 is 5.80. The first-order chi connectivity index (χ1) is 10.2. The summed E-state index contributed by atoms with van der Waals surface area (Å²) in [5.74, 6) is 0.699. The van der Waals surface area contributed by atoms with Crippen LogP contribution in [0.25, 0.3) is 0 Å². The molecule has 0 radical (unpaired) electrons. The van der Waals surface area contributed by atoms with E-state index in [-0.39, 0.29) is 23.8 Å². The monoisotopic (exact) mass is 311 g/mol. The van der Waals surface area contributed by atoms with Gasteiger partial charge in [0.15, 0.2) is 0 Å². The quantitative estimate of drug-likeness (QED) is 0.847. The molecule has 3 atom stereocenters. The average molecular weight is 311 g/mol. The Morgan fingerprint density at radius 2 is 1.86 bits per heavy atom. The SMILES string of the molecule is C[C@@H]1CN(C(C)(C)CNC(=O)N(C)[C@@H](C)C2CC2)C[C@@H](C)O1. The Morgan fingerprint density at radius 1 is 1.32 bits per heavy atom. The van der Waals surface area contributed by atoms with Gasteiger partial charge in [0.1, 0.15) is 0 Å². The molecule has 2 fully saturated rings. The summed E-state index contributed by atoms with van der Waals surface area (Å²) in [5.41, 5.74) is -0.0639. The summed E-state index contributed by atoms with van der Waals surface area (Å²) in [6.07, 6.45) is 3.01. The fourth-order valence-corrected chi connectivity index (χ4v) is 3.28. The van der Waals surface area contributed by atoms with Crippen molar-refractivity contribution in [2.45, 2.75) is 71.2 Å². The Bertz CT molecular complexity index is 385. The smallest absolute Gasteiger partial charge is 0.317 e. The lowest BCUT2D eigenvalue weighted by Gasteiger charge is -2.45. The molecule has 128 valence electrons. The maximum absolute atomic E-state index is 12.3. The number of ether oxygens (including phenoxy) is 1. The third-order valence-corrected chi connectivity index (χ3v) is 5.18. The van der Waals surface area contributed by atoms with Crippen molar-refractivity contribution >= 4 is 6.03 Å². The van der Waals surface area contributed by atoms with Crippen LogP contribution in [-0.2, 0) is 4.74 Å². The number of carbonyl (C=O) groups is 1. The van der Waals surface area contributed by atoms with Crippen LogP contribution in [0.5, 0.6) is 0 Å². The predicted octanol–water partition coefficient (Wildman–Crippen LogP) is 2.31. The molecule has 5 heteroatoms. The zero-order valence-corrected chi connectivity index (χ0v) is 15.1. The third kappa shape index (κ3) is 4.35. The highest BCUT2D eigenvalue weighted by molar-refractivity contribution is 5.74. The molecule has 2 rings (SSSR count). The Hall–Kier alpha value is -0.810. The van der Waals surface area contributed by atoms with Gasteiger partial charge in [-0.05, 0) is 53.4 Å². The van der Waals surface area contributed by atoms with E-state index in [0.29, 0.717) is 18.5 Å². The maximum Gasteiger partial charge on any atom is 0.317 e. The zero-order valence-electron chi connectivity index (χ0n) is 15.1. The van der Waals surface area contributed by atoms with Crippen molar-refractivity contribution in [2.75, 3.05) is 26.7 Å². The Balaban J connectivity index is 1.84. The normalized spacial score (nSPS) is 28.3. The van der Waals surface area contributed by atoms with Gasteiger partial charge in [-0.3, -0.25) is 4.90 Å². The first-order valence-electron chi connectivity index (χ1n) is 8.62. The van der Waals surface area contributed by atoms with E-state index in [1.807, 2.05) is 11.9 Å². The number of nitrogens with one attached hydrogen (secondary N) is 1. The van der Waals surface area contributed by atoms with Gasteiger partial charge in [0, 0.05) is 38.3 Å². The molecule has 1 heterocycles. The molecular weight excluding hydrogens is 278 g/mol. The molecule has 1 saturated carbocycles. The van der Waals surface area contributed by atoms with Gasteiger partial charge in [-0.2, -0.15) is 0 Å². The maximum atomic E-state index is 12.3. The van der Waals surface area contributed by atoms with Gasteiger partial charge in [0.05, 0.1) is 12.2 Å².